The Balaban J connectivity index is 2.19. The van der Waals surface area contributed by atoms with Crippen molar-refractivity contribution in [1.82, 2.24) is 5.32 Å². The van der Waals surface area contributed by atoms with Gasteiger partial charge in [0.2, 0.25) is 0 Å². The minimum absolute atomic E-state index is 0.159. The lowest BCUT2D eigenvalue weighted by atomic mass is 10.2. The minimum Gasteiger partial charge on any atom is -0.481 e. The maximum absolute atomic E-state index is 11.8. The summed E-state index contributed by atoms with van der Waals surface area (Å²) in [5, 5.41) is 11.3. The first kappa shape index (κ1) is 17.0. The molecule has 21 heavy (non-hydrogen) atoms. The summed E-state index contributed by atoms with van der Waals surface area (Å²) in [7, 11) is 0. The van der Waals surface area contributed by atoms with Crippen molar-refractivity contribution in [3.8, 4) is 5.75 Å². The Bertz CT molecular complexity index is 456. The zero-order chi connectivity index (χ0) is 15.7. The topological polar surface area (TPSA) is 75.6 Å². The van der Waals surface area contributed by atoms with Gasteiger partial charge in [-0.05, 0) is 38.8 Å². The number of hydrogen-bond acceptors (Lipinski definition) is 3. The molecule has 1 unspecified atom stereocenters. The van der Waals surface area contributed by atoms with E-state index in [0.717, 1.165) is 18.4 Å². The maximum atomic E-state index is 11.8. The predicted octanol–water partition coefficient (Wildman–Crippen LogP) is 2.52. The van der Waals surface area contributed by atoms with Crippen molar-refractivity contribution in [1.29, 1.82) is 0 Å². The monoisotopic (exact) mass is 293 g/mol. The van der Waals surface area contributed by atoms with Gasteiger partial charge in [-0.2, -0.15) is 0 Å². The summed E-state index contributed by atoms with van der Waals surface area (Å²) in [6.45, 7) is 4.24. The molecule has 5 heteroatoms. The summed E-state index contributed by atoms with van der Waals surface area (Å²) in [4.78, 5) is 22.2. The molecule has 1 aromatic rings. The molecule has 2 N–H and O–H groups in total. The van der Waals surface area contributed by atoms with E-state index in [1.165, 1.54) is 0 Å². The highest BCUT2D eigenvalue weighted by atomic mass is 16.5. The molecule has 0 aliphatic rings. The number of nitrogens with one attached hydrogen (secondary N) is 1. The highest BCUT2D eigenvalue weighted by Gasteiger charge is 2.13. The third kappa shape index (κ3) is 7.34. The van der Waals surface area contributed by atoms with Crippen molar-refractivity contribution in [3.63, 3.8) is 0 Å². The molecule has 0 spiro atoms. The molecule has 1 rings (SSSR count). The van der Waals surface area contributed by atoms with Crippen LogP contribution >= 0.6 is 0 Å². The zero-order valence-corrected chi connectivity index (χ0v) is 12.6. The molecule has 1 aromatic carbocycles. The minimum atomic E-state index is -0.779. The average molecular weight is 293 g/mol. The molecular formula is C16H23NO4. The second-order valence-electron chi connectivity index (χ2n) is 5.07. The van der Waals surface area contributed by atoms with Gasteiger partial charge in [0.25, 0.3) is 5.91 Å². The van der Waals surface area contributed by atoms with Gasteiger partial charge in [-0.1, -0.05) is 24.1 Å². The molecule has 0 aliphatic carbocycles. The molecule has 116 valence electrons. The maximum Gasteiger partial charge on any atom is 0.303 e. The smallest absolute Gasteiger partial charge is 0.303 e. The van der Waals surface area contributed by atoms with Crippen LogP contribution in [0.2, 0.25) is 0 Å². The Labute approximate surface area is 125 Å². The Morgan fingerprint density at radius 1 is 1.19 bits per heavy atom. The Morgan fingerprint density at radius 2 is 1.86 bits per heavy atom. The summed E-state index contributed by atoms with van der Waals surface area (Å²) in [6, 6.07) is 7.54. The first-order valence-corrected chi connectivity index (χ1v) is 7.22. The highest BCUT2D eigenvalue weighted by Crippen LogP contribution is 2.13. The predicted molar refractivity (Wildman–Crippen MR) is 80.4 cm³/mol. The summed E-state index contributed by atoms with van der Waals surface area (Å²) in [5.41, 5.74) is 1.14. The van der Waals surface area contributed by atoms with Gasteiger partial charge >= 0.3 is 5.97 Å². The number of benzene rings is 1. The number of carbonyl (C=O) groups is 2. The van der Waals surface area contributed by atoms with E-state index in [1.54, 1.807) is 6.92 Å². The number of amides is 1. The molecule has 0 aromatic heterocycles. The number of carboxylic acid groups (broad SMARTS) is 1. The van der Waals surface area contributed by atoms with Crippen molar-refractivity contribution in [2.75, 3.05) is 6.54 Å². The summed E-state index contributed by atoms with van der Waals surface area (Å²) < 4.78 is 5.55. The molecular weight excluding hydrogens is 270 g/mol. The third-order valence-corrected chi connectivity index (χ3v) is 3.07. The first-order valence-electron chi connectivity index (χ1n) is 7.22. The lowest BCUT2D eigenvalue weighted by Gasteiger charge is -2.14. The largest absolute Gasteiger partial charge is 0.481 e. The van der Waals surface area contributed by atoms with Gasteiger partial charge in [-0.3, -0.25) is 9.59 Å². The van der Waals surface area contributed by atoms with E-state index in [0.29, 0.717) is 18.7 Å². The SMILES string of the molecule is Cc1ccc(OC(C)C(=O)NCCCCCC(=O)O)cc1. The van der Waals surface area contributed by atoms with Crippen LogP contribution in [0.3, 0.4) is 0 Å². The lowest BCUT2D eigenvalue weighted by molar-refractivity contribution is -0.137. The van der Waals surface area contributed by atoms with Crippen molar-refractivity contribution < 1.29 is 19.4 Å². The van der Waals surface area contributed by atoms with Crippen molar-refractivity contribution in [2.45, 2.75) is 45.6 Å². The van der Waals surface area contributed by atoms with Gasteiger partial charge in [-0.25, -0.2) is 0 Å². The molecule has 1 amide bonds. The van der Waals surface area contributed by atoms with E-state index < -0.39 is 12.1 Å². The molecule has 5 nitrogen and oxygen atoms in total. The molecule has 0 saturated carbocycles. The van der Waals surface area contributed by atoms with Crippen LogP contribution in [-0.4, -0.2) is 29.6 Å². The second-order valence-corrected chi connectivity index (χ2v) is 5.07. The summed E-state index contributed by atoms with van der Waals surface area (Å²) >= 11 is 0. The van der Waals surface area contributed by atoms with Crippen LogP contribution in [0.1, 0.15) is 38.2 Å². The number of carboxylic acids is 1. The van der Waals surface area contributed by atoms with Gasteiger partial charge in [0.1, 0.15) is 5.75 Å². The average Bonchev–Trinajstić information content (AvgIpc) is 2.44. The zero-order valence-electron chi connectivity index (χ0n) is 12.6. The molecule has 0 fully saturated rings. The Kier molecular flexibility index (Phi) is 7.29. The van der Waals surface area contributed by atoms with Gasteiger partial charge in [0, 0.05) is 13.0 Å². The number of unbranched alkanes of at least 4 members (excludes halogenated alkanes) is 2. The van der Waals surface area contributed by atoms with Crippen LogP contribution in [0, 0.1) is 6.92 Å². The van der Waals surface area contributed by atoms with E-state index in [9.17, 15) is 9.59 Å². The number of aryl methyl sites for hydroxylation is 1. The van der Waals surface area contributed by atoms with E-state index in [-0.39, 0.29) is 12.3 Å². The van der Waals surface area contributed by atoms with Gasteiger partial charge in [0.05, 0.1) is 0 Å². The van der Waals surface area contributed by atoms with Gasteiger partial charge in [0.15, 0.2) is 6.10 Å². The highest BCUT2D eigenvalue weighted by molar-refractivity contribution is 5.80. The number of ether oxygens (including phenoxy) is 1. The molecule has 0 aliphatic heterocycles. The first-order chi connectivity index (χ1) is 9.99. The quantitative estimate of drug-likeness (QED) is 0.686. The number of hydrogen-bond donors (Lipinski definition) is 2. The molecule has 0 radical (unpaired) electrons. The van der Waals surface area contributed by atoms with E-state index >= 15 is 0 Å². The summed E-state index contributed by atoms with van der Waals surface area (Å²) in [6.07, 6.45) is 1.84. The standard InChI is InChI=1S/C16H23NO4/c1-12-7-9-14(10-8-12)21-13(2)16(20)17-11-5-3-4-6-15(18)19/h7-10,13H,3-6,11H2,1-2H3,(H,17,20)(H,18,19). The normalized spacial score (nSPS) is 11.7. The Morgan fingerprint density at radius 3 is 2.48 bits per heavy atom. The van der Waals surface area contributed by atoms with Crippen LogP contribution < -0.4 is 10.1 Å². The summed E-state index contributed by atoms with van der Waals surface area (Å²) in [5.74, 6) is -0.266. The van der Waals surface area contributed by atoms with E-state index in [1.807, 2.05) is 31.2 Å². The van der Waals surface area contributed by atoms with Crippen molar-refractivity contribution in [3.05, 3.63) is 29.8 Å². The van der Waals surface area contributed by atoms with Crippen LogP contribution in [-0.2, 0) is 9.59 Å². The molecule has 0 bridgehead atoms. The van der Waals surface area contributed by atoms with E-state index in [4.69, 9.17) is 9.84 Å². The van der Waals surface area contributed by atoms with Gasteiger partial charge < -0.3 is 15.2 Å². The molecule has 1 atom stereocenters. The van der Waals surface area contributed by atoms with Crippen LogP contribution in [0.15, 0.2) is 24.3 Å². The fourth-order valence-electron chi connectivity index (χ4n) is 1.81. The van der Waals surface area contributed by atoms with Gasteiger partial charge in [-0.15, -0.1) is 0 Å². The van der Waals surface area contributed by atoms with Crippen molar-refractivity contribution >= 4 is 11.9 Å². The number of aliphatic carboxylic acids is 1. The third-order valence-electron chi connectivity index (χ3n) is 3.07. The number of rotatable bonds is 9. The second kappa shape index (κ2) is 9.00. The molecule has 0 saturated heterocycles. The van der Waals surface area contributed by atoms with Crippen LogP contribution in [0.5, 0.6) is 5.75 Å². The fourth-order valence-corrected chi connectivity index (χ4v) is 1.81. The lowest BCUT2D eigenvalue weighted by Crippen LogP contribution is -2.36. The van der Waals surface area contributed by atoms with Crippen LogP contribution in [0.4, 0.5) is 0 Å². The number of carbonyl (C=O) groups excluding carboxylic acids is 1. The van der Waals surface area contributed by atoms with Crippen LogP contribution in [0.25, 0.3) is 0 Å². The molecule has 0 heterocycles. The Hall–Kier alpha value is -2.04. The van der Waals surface area contributed by atoms with Crippen molar-refractivity contribution in [2.24, 2.45) is 0 Å². The fraction of sp³-hybridized carbons (Fsp3) is 0.500. The van der Waals surface area contributed by atoms with E-state index in [2.05, 4.69) is 5.32 Å².